The summed E-state index contributed by atoms with van der Waals surface area (Å²) in [5.74, 6) is 0.882. The SMILES string of the molecule is Cc1ccc(NC(=O)N2CCC(C(=O)Nc3cc(C)on3)CC2)cc1. The van der Waals surface area contributed by atoms with Gasteiger partial charge >= 0.3 is 6.03 Å². The smallest absolute Gasteiger partial charge is 0.321 e. The number of urea groups is 1. The van der Waals surface area contributed by atoms with Crippen molar-refractivity contribution in [1.29, 1.82) is 0 Å². The molecule has 2 N–H and O–H groups in total. The number of anilines is 2. The van der Waals surface area contributed by atoms with Crippen molar-refractivity contribution in [2.45, 2.75) is 26.7 Å². The maximum atomic E-state index is 12.3. The summed E-state index contributed by atoms with van der Waals surface area (Å²) in [5, 5.41) is 9.41. The zero-order valence-corrected chi connectivity index (χ0v) is 14.4. The highest BCUT2D eigenvalue weighted by atomic mass is 16.5. The summed E-state index contributed by atoms with van der Waals surface area (Å²) in [7, 11) is 0. The Morgan fingerprint density at radius 1 is 1.12 bits per heavy atom. The van der Waals surface area contributed by atoms with Gasteiger partial charge in [0.25, 0.3) is 0 Å². The topological polar surface area (TPSA) is 87.5 Å². The Morgan fingerprint density at radius 2 is 1.80 bits per heavy atom. The van der Waals surface area contributed by atoms with Gasteiger partial charge in [-0.15, -0.1) is 0 Å². The van der Waals surface area contributed by atoms with Crippen LogP contribution >= 0.6 is 0 Å². The summed E-state index contributed by atoms with van der Waals surface area (Å²) in [5.41, 5.74) is 1.92. The fraction of sp³-hybridized carbons (Fsp3) is 0.389. The predicted molar refractivity (Wildman–Crippen MR) is 94.4 cm³/mol. The molecule has 0 unspecified atom stereocenters. The van der Waals surface area contributed by atoms with Crippen molar-refractivity contribution in [1.82, 2.24) is 10.1 Å². The van der Waals surface area contributed by atoms with Crippen molar-refractivity contribution in [2.24, 2.45) is 5.92 Å². The lowest BCUT2D eigenvalue weighted by molar-refractivity contribution is -0.121. The van der Waals surface area contributed by atoms with Crippen LogP contribution in [0.4, 0.5) is 16.3 Å². The normalized spacial score (nSPS) is 15.0. The fourth-order valence-electron chi connectivity index (χ4n) is 2.84. The average Bonchev–Trinajstić information content (AvgIpc) is 3.02. The van der Waals surface area contributed by atoms with Crippen LogP contribution in [0.5, 0.6) is 0 Å². The summed E-state index contributed by atoms with van der Waals surface area (Å²) in [6.07, 6.45) is 1.26. The number of carbonyl (C=O) groups is 2. The highest BCUT2D eigenvalue weighted by Gasteiger charge is 2.27. The Kier molecular flexibility index (Phi) is 5.02. The molecule has 0 bridgehead atoms. The van der Waals surface area contributed by atoms with Gasteiger partial charge in [-0.1, -0.05) is 22.9 Å². The van der Waals surface area contributed by atoms with Crippen molar-refractivity contribution in [2.75, 3.05) is 23.7 Å². The number of benzene rings is 1. The number of likely N-dealkylation sites (tertiary alicyclic amines) is 1. The number of aromatic nitrogens is 1. The van der Waals surface area contributed by atoms with E-state index in [0.29, 0.717) is 37.5 Å². The molecule has 1 aliphatic rings. The fourth-order valence-corrected chi connectivity index (χ4v) is 2.84. The number of nitrogens with one attached hydrogen (secondary N) is 2. The first kappa shape index (κ1) is 17.0. The first-order valence-electron chi connectivity index (χ1n) is 8.38. The van der Waals surface area contributed by atoms with Gasteiger partial charge in [0.15, 0.2) is 5.82 Å². The van der Waals surface area contributed by atoms with Gasteiger partial charge in [0, 0.05) is 30.8 Å². The van der Waals surface area contributed by atoms with Gasteiger partial charge in [0.1, 0.15) is 5.76 Å². The van der Waals surface area contributed by atoms with Gasteiger partial charge in [-0.25, -0.2) is 4.79 Å². The van der Waals surface area contributed by atoms with Crippen LogP contribution in [-0.2, 0) is 4.79 Å². The van der Waals surface area contributed by atoms with Crippen molar-refractivity contribution in [3.63, 3.8) is 0 Å². The molecule has 3 rings (SSSR count). The molecular weight excluding hydrogens is 320 g/mol. The summed E-state index contributed by atoms with van der Waals surface area (Å²) < 4.78 is 4.94. The van der Waals surface area contributed by atoms with Crippen LogP contribution in [0.25, 0.3) is 0 Å². The zero-order valence-electron chi connectivity index (χ0n) is 14.4. The first-order chi connectivity index (χ1) is 12.0. The van der Waals surface area contributed by atoms with Gasteiger partial charge in [-0.2, -0.15) is 0 Å². The van der Waals surface area contributed by atoms with Crippen LogP contribution in [0, 0.1) is 19.8 Å². The minimum Gasteiger partial charge on any atom is -0.360 e. The molecule has 2 aromatic rings. The van der Waals surface area contributed by atoms with E-state index in [0.717, 1.165) is 11.3 Å². The van der Waals surface area contributed by atoms with Gasteiger partial charge in [0.2, 0.25) is 5.91 Å². The van der Waals surface area contributed by atoms with Gasteiger partial charge in [0.05, 0.1) is 0 Å². The van der Waals surface area contributed by atoms with Crippen LogP contribution in [-0.4, -0.2) is 35.1 Å². The second-order valence-electron chi connectivity index (χ2n) is 6.37. The first-order valence-corrected chi connectivity index (χ1v) is 8.38. The molecule has 7 heteroatoms. The third kappa shape index (κ3) is 4.37. The monoisotopic (exact) mass is 342 g/mol. The van der Waals surface area contributed by atoms with Crippen LogP contribution < -0.4 is 10.6 Å². The average molecular weight is 342 g/mol. The molecule has 0 radical (unpaired) electrons. The van der Waals surface area contributed by atoms with Crippen molar-refractivity contribution >= 4 is 23.4 Å². The van der Waals surface area contributed by atoms with E-state index < -0.39 is 0 Å². The quantitative estimate of drug-likeness (QED) is 0.897. The molecule has 1 aliphatic heterocycles. The molecule has 1 fully saturated rings. The third-order valence-corrected chi connectivity index (χ3v) is 4.34. The Labute approximate surface area is 146 Å². The number of aryl methyl sites for hydroxylation is 2. The van der Waals surface area contributed by atoms with E-state index in [1.165, 1.54) is 0 Å². The van der Waals surface area contributed by atoms with Crippen molar-refractivity contribution in [3.05, 3.63) is 41.7 Å². The van der Waals surface area contributed by atoms with E-state index in [1.54, 1.807) is 17.9 Å². The second kappa shape index (κ2) is 7.38. The maximum Gasteiger partial charge on any atom is 0.321 e. The van der Waals surface area contributed by atoms with Crippen LogP contribution in [0.15, 0.2) is 34.9 Å². The summed E-state index contributed by atoms with van der Waals surface area (Å²) >= 11 is 0. The lowest BCUT2D eigenvalue weighted by Crippen LogP contribution is -2.43. The molecule has 0 aliphatic carbocycles. The zero-order chi connectivity index (χ0) is 17.8. The van der Waals surface area contributed by atoms with E-state index in [9.17, 15) is 9.59 Å². The number of nitrogens with zero attached hydrogens (tertiary/aromatic N) is 2. The maximum absolute atomic E-state index is 12.3. The summed E-state index contributed by atoms with van der Waals surface area (Å²) in [6.45, 7) is 4.87. The van der Waals surface area contributed by atoms with Gasteiger partial charge < -0.3 is 20.1 Å². The molecule has 1 aromatic carbocycles. The molecule has 0 spiro atoms. The van der Waals surface area contributed by atoms with E-state index in [2.05, 4.69) is 15.8 Å². The van der Waals surface area contributed by atoms with Crippen molar-refractivity contribution < 1.29 is 14.1 Å². The molecule has 0 saturated carbocycles. The number of hydrogen-bond donors (Lipinski definition) is 2. The standard InChI is InChI=1S/C18H22N4O3/c1-12-3-5-15(6-4-12)19-18(24)22-9-7-14(8-10-22)17(23)20-16-11-13(2)25-21-16/h3-6,11,14H,7-10H2,1-2H3,(H,19,24)(H,20,21,23). The molecule has 1 aromatic heterocycles. The van der Waals surface area contributed by atoms with Gasteiger partial charge in [-0.3, -0.25) is 4.79 Å². The largest absolute Gasteiger partial charge is 0.360 e. The Hall–Kier alpha value is -2.83. The highest BCUT2D eigenvalue weighted by molar-refractivity contribution is 5.92. The summed E-state index contributed by atoms with van der Waals surface area (Å²) in [6, 6.07) is 9.23. The molecule has 7 nitrogen and oxygen atoms in total. The van der Waals surface area contributed by atoms with Crippen LogP contribution in [0.3, 0.4) is 0 Å². The molecule has 0 atom stereocenters. The molecule has 1 saturated heterocycles. The van der Waals surface area contributed by atoms with E-state index in [4.69, 9.17) is 4.52 Å². The predicted octanol–water partition coefficient (Wildman–Crippen LogP) is 3.17. The number of piperidine rings is 1. The van der Waals surface area contributed by atoms with Crippen molar-refractivity contribution in [3.8, 4) is 0 Å². The number of rotatable bonds is 3. The number of hydrogen-bond acceptors (Lipinski definition) is 4. The lowest BCUT2D eigenvalue weighted by Gasteiger charge is -2.31. The van der Waals surface area contributed by atoms with Gasteiger partial charge in [-0.05, 0) is 38.8 Å². The van der Waals surface area contributed by atoms with E-state index in [1.807, 2.05) is 31.2 Å². The molecular formula is C18H22N4O3. The van der Waals surface area contributed by atoms with E-state index >= 15 is 0 Å². The summed E-state index contributed by atoms with van der Waals surface area (Å²) in [4.78, 5) is 26.3. The second-order valence-corrected chi connectivity index (χ2v) is 6.37. The minimum absolute atomic E-state index is 0.0770. The lowest BCUT2D eigenvalue weighted by atomic mass is 9.96. The Balaban J connectivity index is 1.48. The third-order valence-electron chi connectivity index (χ3n) is 4.34. The highest BCUT2D eigenvalue weighted by Crippen LogP contribution is 2.20. The van der Waals surface area contributed by atoms with Crippen LogP contribution in [0.1, 0.15) is 24.2 Å². The molecule has 3 amide bonds. The Bertz CT molecular complexity index is 746. The number of amides is 3. The Morgan fingerprint density at radius 3 is 2.40 bits per heavy atom. The molecule has 132 valence electrons. The molecule has 25 heavy (non-hydrogen) atoms. The van der Waals surface area contributed by atoms with Crippen LogP contribution in [0.2, 0.25) is 0 Å². The number of carbonyl (C=O) groups excluding carboxylic acids is 2. The minimum atomic E-state index is -0.130. The molecule has 2 heterocycles. The van der Waals surface area contributed by atoms with E-state index in [-0.39, 0.29) is 17.9 Å².